The van der Waals surface area contributed by atoms with E-state index in [1.54, 1.807) is 7.11 Å². The van der Waals surface area contributed by atoms with Crippen LogP contribution in [0.2, 0.25) is 0 Å². The molecule has 1 aromatic heterocycles. The summed E-state index contributed by atoms with van der Waals surface area (Å²) in [5.74, 6) is -2.71. The molecule has 2 heterocycles. The number of amides is 1. The van der Waals surface area contributed by atoms with Gasteiger partial charge in [0.15, 0.2) is 11.6 Å². The minimum absolute atomic E-state index is 0.0263. The van der Waals surface area contributed by atoms with Gasteiger partial charge in [0, 0.05) is 35.8 Å². The normalized spacial score (nSPS) is 16.8. The molecule has 230 valence electrons. The van der Waals surface area contributed by atoms with Gasteiger partial charge in [0.2, 0.25) is 5.91 Å². The number of carbonyl (C=O) groups is 2. The van der Waals surface area contributed by atoms with E-state index in [0.717, 1.165) is 61.4 Å². The maximum absolute atomic E-state index is 13.8. The Labute approximate surface area is 253 Å². The fourth-order valence-electron chi connectivity index (χ4n) is 5.87. The van der Waals surface area contributed by atoms with E-state index in [-0.39, 0.29) is 19.4 Å². The smallest absolute Gasteiger partial charge is 0.227 e. The van der Waals surface area contributed by atoms with E-state index in [1.165, 1.54) is 11.3 Å². The van der Waals surface area contributed by atoms with E-state index in [0.29, 0.717) is 39.9 Å². The first-order valence-electron chi connectivity index (χ1n) is 14.2. The summed E-state index contributed by atoms with van der Waals surface area (Å²) in [6.45, 7) is 5.29. The van der Waals surface area contributed by atoms with Crippen molar-refractivity contribution in [2.45, 2.75) is 32.2 Å². The molecule has 9 nitrogen and oxygen atoms in total. The lowest BCUT2D eigenvalue weighted by atomic mass is 9.80. The Morgan fingerprint density at radius 3 is 2.49 bits per heavy atom. The van der Waals surface area contributed by atoms with Crippen molar-refractivity contribution in [1.82, 2.24) is 10.3 Å². The molecule has 0 atom stereocenters. The monoisotopic (exact) mass is 615 g/mol. The minimum Gasteiger partial charge on any atom is -0.550 e. The molecule has 2 aliphatic rings. The van der Waals surface area contributed by atoms with Gasteiger partial charge in [-0.05, 0) is 48.2 Å². The van der Waals surface area contributed by atoms with Gasteiger partial charge in [-0.1, -0.05) is 0 Å². The number of methoxy groups -OCH3 is 1. The Morgan fingerprint density at radius 1 is 1.14 bits per heavy atom. The molecule has 1 N–H and O–H groups in total. The highest BCUT2D eigenvalue weighted by Crippen LogP contribution is 2.41. The number of carbonyl (C=O) groups excluding carboxylic acids is 2. The van der Waals surface area contributed by atoms with Crippen molar-refractivity contribution in [2.75, 3.05) is 53.6 Å². The molecule has 1 fully saturated rings. The fraction of sp³-hybridized carbons (Fsp3) is 0.452. The number of halogens is 2. The number of benzene rings is 2. The molecule has 0 bridgehead atoms. The van der Waals surface area contributed by atoms with Crippen molar-refractivity contribution >= 4 is 23.2 Å². The van der Waals surface area contributed by atoms with Gasteiger partial charge in [-0.3, -0.25) is 4.79 Å². The van der Waals surface area contributed by atoms with Gasteiger partial charge < -0.3 is 33.9 Å². The quantitative estimate of drug-likeness (QED) is 0.247. The number of thiazole rings is 1. The average molecular weight is 616 g/mol. The summed E-state index contributed by atoms with van der Waals surface area (Å²) in [5.41, 5.74) is 0.852. The maximum Gasteiger partial charge on any atom is 0.227 e. The SMILES string of the molecule is COc1cc(OCCC[N+]2(C)CCOCC2)ccc1-c1csc(CNC(=O)C2(CC(=O)[O-])Cc3cc(F)c(F)cc3C2)n1. The lowest BCUT2D eigenvalue weighted by molar-refractivity contribution is -0.917. The Kier molecular flexibility index (Phi) is 9.28. The predicted molar refractivity (Wildman–Crippen MR) is 153 cm³/mol. The second-order valence-corrected chi connectivity index (χ2v) is 12.4. The van der Waals surface area contributed by atoms with E-state index in [9.17, 15) is 23.5 Å². The third-order valence-electron chi connectivity index (χ3n) is 8.33. The molecule has 43 heavy (non-hydrogen) atoms. The number of morpholine rings is 1. The van der Waals surface area contributed by atoms with E-state index >= 15 is 0 Å². The van der Waals surface area contributed by atoms with Crippen molar-refractivity contribution in [3.05, 3.63) is 63.5 Å². The molecule has 1 aliphatic carbocycles. The Hall–Kier alpha value is -3.61. The zero-order valence-corrected chi connectivity index (χ0v) is 25.1. The lowest BCUT2D eigenvalue weighted by Gasteiger charge is -2.37. The van der Waals surface area contributed by atoms with Gasteiger partial charge >= 0.3 is 0 Å². The second kappa shape index (κ2) is 12.9. The molecule has 3 aromatic rings. The number of aromatic nitrogens is 1. The second-order valence-electron chi connectivity index (χ2n) is 11.5. The number of hydrogen-bond donors (Lipinski definition) is 1. The van der Waals surface area contributed by atoms with Gasteiger partial charge in [0.05, 0.1) is 58.2 Å². The topological polar surface area (TPSA) is 110 Å². The zero-order valence-electron chi connectivity index (χ0n) is 24.3. The van der Waals surface area contributed by atoms with Crippen molar-refractivity contribution in [1.29, 1.82) is 0 Å². The van der Waals surface area contributed by atoms with Gasteiger partial charge in [0.25, 0.3) is 0 Å². The van der Waals surface area contributed by atoms with Crippen LogP contribution in [0.3, 0.4) is 0 Å². The molecule has 0 spiro atoms. The molecule has 1 aliphatic heterocycles. The maximum atomic E-state index is 13.8. The highest BCUT2D eigenvalue weighted by Gasteiger charge is 2.44. The number of ether oxygens (including phenoxy) is 3. The summed E-state index contributed by atoms with van der Waals surface area (Å²) in [6.07, 6.45) is 0.299. The van der Waals surface area contributed by atoms with Crippen LogP contribution in [0.5, 0.6) is 11.5 Å². The predicted octanol–water partition coefficient (Wildman–Crippen LogP) is 2.88. The van der Waals surface area contributed by atoms with Crippen LogP contribution in [0.4, 0.5) is 8.78 Å². The van der Waals surface area contributed by atoms with Crippen LogP contribution < -0.4 is 19.9 Å². The molecular formula is C31H35F2N3O6S. The summed E-state index contributed by atoms with van der Waals surface area (Å²) < 4.78 is 45.7. The summed E-state index contributed by atoms with van der Waals surface area (Å²) in [5, 5.41) is 16.8. The highest BCUT2D eigenvalue weighted by atomic mass is 32.1. The number of carboxylic acid groups (broad SMARTS) is 1. The first-order valence-corrected chi connectivity index (χ1v) is 15.1. The number of rotatable bonds is 12. The summed E-state index contributed by atoms with van der Waals surface area (Å²) in [6, 6.07) is 7.63. The van der Waals surface area contributed by atoms with Crippen LogP contribution in [-0.4, -0.2) is 75.0 Å². The van der Waals surface area contributed by atoms with Crippen LogP contribution in [0, 0.1) is 17.0 Å². The highest BCUT2D eigenvalue weighted by molar-refractivity contribution is 7.09. The van der Waals surface area contributed by atoms with Crippen LogP contribution in [0.1, 0.15) is 29.0 Å². The summed E-state index contributed by atoms with van der Waals surface area (Å²) >= 11 is 1.34. The molecule has 2 aromatic carbocycles. The number of aliphatic carboxylic acids is 1. The minimum atomic E-state index is -1.41. The number of nitrogens with one attached hydrogen (secondary N) is 1. The molecule has 1 amide bonds. The average Bonchev–Trinajstić information content (AvgIpc) is 3.59. The molecule has 0 unspecified atom stereocenters. The Balaban J connectivity index is 1.20. The van der Waals surface area contributed by atoms with Gasteiger partial charge in [-0.25, -0.2) is 13.8 Å². The summed E-state index contributed by atoms with van der Waals surface area (Å²) in [4.78, 5) is 29.5. The van der Waals surface area contributed by atoms with E-state index in [4.69, 9.17) is 14.2 Å². The Morgan fingerprint density at radius 2 is 1.84 bits per heavy atom. The first kappa shape index (κ1) is 30.8. The lowest BCUT2D eigenvalue weighted by Crippen LogP contribution is -2.52. The van der Waals surface area contributed by atoms with Crippen LogP contribution in [0.25, 0.3) is 11.3 Å². The number of fused-ring (bicyclic) bond motifs is 1. The van der Waals surface area contributed by atoms with E-state index in [1.807, 2.05) is 23.6 Å². The molecular weight excluding hydrogens is 580 g/mol. The van der Waals surface area contributed by atoms with Gasteiger partial charge in [-0.2, -0.15) is 0 Å². The van der Waals surface area contributed by atoms with Crippen molar-refractivity contribution in [3.8, 4) is 22.8 Å². The number of hydrogen-bond acceptors (Lipinski definition) is 8. The Bertz CT molecular complexity index is 1460. The van der Waals surface area contributed by atoms with E-state index < -0.39 is 35.3 Å². The zero-order chi connectivity index (χ0) is 30.6. The fourth-order valence-corrected chi connectivity index (χ4v) is 6.60. The van der Waals surface area contributed by atoms with Crippen LogP contribution in [0.15, 0.2) is 35.7 Å². The third kappa shape index (κ3) is 7.14. The van der Waals surface area contributed by atoms with Crippen LogP contribution in [-0.2, 0) is 33.7 Å². The first-order chi connectivity index (χ1) is 20.6. The third-order valence-corrected chi connectivity index (χ3v) is 9.18. The molecule has 1 saturated heterocycles. The number of nitrogens with zero attached hydrogens (tertiary/aromatic N) is 2. The number of carboxylic acids is 1. The molecule has 5 rings (SSSR count). The van der Waals surface area contributed by atoms with Crippen molar-refractivity contribution < 1.29 is 42.2 Å². The van der Waals surface area contributed by atoms with Gasteiger partial charge in [0.1, 0.15) is 29.6 Å². The van der Waals surface area contributed by atoms with Gasteiger partial charge in [-0.15, -0.1) is 11.3 Å². The van der Waals surface area contributed by atoms with Crippen molar-refractivity contribution in [2.24, 2.45) is 5.41 Å². The molecule has 0 saturated carbocycles. The number of likely N-dealkylation sites (N-methyl/N-ethyl adjacent to an activating group) is 1. The molecule has 12 heteroatoms. The van der Waals surface area contributed by atoms with Crippen molar-refractivity contribution in [3.63, 3.8) is 0 Å². The van der Waals surface area contributed by atoms with E-state index in [2.05, 4.69) is 17.3 Å². The standard InChI is InChI=1S/C31H35F2N3O6S/c1-36(7-10-41-11-8-36)6-3-9-42-22-4-5-23(27(14-22)40-2)26-19-43-28(35-26)18-34-30(39)31(17-29(37)38)15-20-12-24(32)25(33)13-21(20)16-31/h4-5,12-14,19H,3,6-11,15-18H2,1-2H3,(H-,34,37,38,39). The van der Waals surface area contributed by atoms with Crippen LogP contribution >= 0.6 is 11.3 Å². The molecule has 0 radical (unpaired) electrons. The summed E-state index contributed by atoms with van der Waals surface area (Å²) in [7, 11) is 3.82. The largest absolute Gasteiger partial charge is 0.550 e. The number of quaternary nitrogens is 1.